The Labute approximate surface area is 269 Å². The van der Waals surface area contributed by atoms with Crippen LogP contribution in [0.3, 0.4) is 0 Å². The zero-order valence-corrected chi connectivity index (χ0v) is 27.2. The van der Waals surface area contributed by atoms with Crippen LogP contribution in [-0.4, -0.2) is 143 Å². The third-order valence-corrected chi connectivity index (χ3v) is 5.99. The van der Waals surface area contributed by atoms with Crippen molar-refractivity contribution in [3.05, 3.63) is 48.6 Å². The molecule has 0 aromatic rings. The van der Waals surface area contributed by atoms with Gasteiger partial charge in [0.05, 0.1) is 19.1 Å². The van der Waals surface area contributed by atoms with Gasteiger partial charge in [0.1, 0.15) is 50.8 Å². The number of aliphatic hydroxyl groups excluding tert-OH is 4. The van der Waals surface area contributed by atoms with Gasteiger partial charge in [-0.25, -0.2) is 19.2 Å². The fourth-order valence-corrected chi connectivity index (χ4v) is 3.51. The molecule has 0 radical (unpaired) electrons. The maximum atomic E-state index is 13.8. The number of rotatable bonds is 22. The second-order valence-electron chi connectivity index (χ2n) is 11.0. The highest BCUT2D eigenvalue weighted by Gasteiger charge is 2.32. The summed E-state index contributed by atoms with van der Waals surface area (Å²) in [4.78, 5) is 63.3. The summed E-state index contributed by atoms with van der Waals surface area (Å²) < 4.78 is 19.9. The van der Waals surface area contributed by atoms with Crippen LogP contribution < -0.4 is 0 Å². The van der Waals surface area contributed by atoms with Crippen molar-refractivity contribution in [3.8, 4) is 0 Å². The van der Waals surface area contributed by atoms with Crippen LogP contribution in [-0.2, 0) is 42.9 Å². The third-order valence-electron chi connectivity index (χ3n) is 5.99. The van der Waals surface area contributed by atoms with E-state index >= 15 is 0 Å². The van der Waals surface area contributed by atoms with Crippen LogP contribution in [0.2, 0.25) is 0 Å². The first kappa shape index (κ1) is 42.1. The number of hydrogen-bond acceptors (Lipinski definition) is 14. The fourth-order valence-electron chi connectivity index (χ4n) is 3.51. The lowest BCUT2D eigenvalue weighted by Gasteiger charge is -2.36. The van der Waals surface area contributed by atoms with Crippen LogP contribution in [0.25, 0.3) is 0 Å². The van der Waals surface area contributed by atoms with Crippen LogP contribution in [0.15, 0.2) is 48.6 Å². The molecule has 0 saturated carbocycles. The second kappa shape index (κ2) is 21.0. The van der Waals surface area contributed by atoms with E-state index in [-0.39, 0.29) is 35.4 Å². The molecule has 0 heterocycles. The lowest BCUT2D eigenvalue weighted by atomic mass is 10.1. The van der Waals surface area contributed by atoms with E-state index in [2.05, 4.69) is 26.3 Å². The summed E-state index contributed by atoms with van der Waals surface area (Å²) >= 11 is 0. The molecular formula is C31H48N2O13. The molecular weight excluding hydrogens is 608 g/mol. The van der Waals surface area contributed by atoms with Gasteiger partial charge in [-0.1, -0.05) is 26.3 Å². The van der Waals surface area contributed by atoms with Crippen LogP contribution in [0.4, 0.5) is 0 Å². The van der Waals surface area contributed by atoms with Gasteiger partial charge >= 0.3 is 23.9 Å². The van der Waals surface area contributed by atoms with Crippen molar-refractivity contribution < 1.29 is 63.3 Å². The monoisotopic (exact) mass is 656 g/mol. The fraction of sp³-hybridized carbons (Fsp3) is 0.581. The molecule has 4 N–H and O–H groups in total. The molecule has 0 aliphatic carbocycles. The van der Waals surface area contributed by atoms with Gasteiger partial charge in [0, 0.05) is 35.4 Å². The van der Waals surface area contributed by atoms with Crippen LogP contribution in [0.5, 0.6) is 0 Å². The lowest BCUT2D eigenvalue weighted by molar-refractivity contribution is -0.149. The van der Waals surface area contributed by atoms with Gasteiger partial charge in [0.25, 0.3) is 0 Å². The number of esters is 4. The average Bonchev–Trinajstić information content (AvgIpc) is 2.98. The van der Waals surface area contributed by atoms with Crippen LogP contribution >= 0.6 is 0 Å². The van der Waals surface area contributed by atoms with Crippen molar-refractivity contribution >= 4 is 29.8 Å². The number of carbonyl (C=O) groups is 5. The van der Waals surface area contributed by atoms with E-state index < -0.39 is 99.8 Å². The average molecular weight is 657 g/mol. The Morgan fingerprint density at radius 2 is 0.761 bits per heavy atom. The third kappa shape index (κ3) is 17.0. The van der Waals surface area contributed by atoms with E-state index in [1.165, 1.54) is 39.5 Å². The Bertz CT molecular complexity index is 1060. The molecule has 0 aliphatic heterocycles. The lowest BCUT2D eigenvalue weighted by Crippen LogP contribution is -2.55. The highest BCUT2D eigenvalue weighted by Crippen LogP contribution is 2.11. The SMILES string of the molecule is C=C(C)C(=O)OCC(O)CN(CC(O)COC(=O)C(=C)C)C(=O)C(C)N(CC(O)COC(=O)C(=C)C)CC(O)COC(=O)C(=C)C. The Kier molecular flexibility index (Phi) is 19.2. The molecule has 0 rings (SSSR count). The van der Waals surface area contributed by atoms with Gasteiger partial charge in [-0.3, -0.25) is 9.69 Å². The van der Waals surface area contributed by atoms with Gasteiger partial charge < -0.3 is 44.3 Å². The normalized spacial score (nSPS) is 14.1. The summed E-state index contributed by atoms with van der Waals surface area (Å²) in [7, 11) is 0. The minimum absolute atomic E-state index is 0.0825. The second-order valence-corrected chi connectivity index (χ2v) is 11.0. The van der Waals surface area contributed by atoms with Crippen molar-refractivity contribution in [2.45, 2.75) is 65.1 Å². The molecule has 0 aromatic heterocycles. The van der Waals surface area contributed by atoms with E-state index in [9.17, 15) is 44.4 Å². The number of amides is 1. The Balaban J connectivity index is 6.06. The first-order valence-corrected chi connectivity index (χ1v) is 14.3. The molecule has 0 saturated heterocycles. The molecule has 0 aromatic carbocycles. The van der Waals surface area contributed by atoms with Gasteiger partial charge in [-0.2, -0.15) is 0 Å². The summed E-state index contributed by atoms with van der Waals surface area (Å²) in [6.45, 7) is 17.3. The van der Waals surface area contributed by atoms with E-state index in [4.69, 9.17) is 18.9 Å². The molecule has 260 valence electrons. The summed E-state index contributed by atoms with van der Waals surface area (Å²) in [5.41, 5.74) is 0.356. The maximum absolute atomic E-state index is 13.8. The zero-order valence-electron chi connectivity index (χ0n) is 27.2. The van der Waals surface area contributed by atoms with E-state index in [1.807, 2.05) is 0 Å². The van der Waals surface area contributed by atoms with Crippen molar-refractivity contribution in [1.82, 2.24) is 9.80 Å². The van der Waals surface area contributed by atoms with E-state index in [1.54, 1.807) is 0 Å². The number of carbonyl (C=O) groups excluding carboxylic acids is 5. The molecule has 15 nitrogen and oxygen atoms in total. The van der Waals surface area contributed by atoms with Gasteiger partial charge in [-0.05, 0) is 34.6 Å². The van der Waals surface area contributed by atoms with Gasteiger partial charge in [0.2, 0.25) is 5.91 Å². The van der Waals surface area contributed by atoms with E-state index in [0.717, 1.165) is 4.90 Å². The molecule has 5 atom stereocenters. The highest BCUT2D eigenvalue weighted by molar-refractivity contribution is 5.88. The van der Waals surface area contributed by atoms with Crippen molar-refractivity contribution in [2.24, 2.45) is 0 Å². The highest BCUT2D eigenvalue weighted by atomic mass is 16.6. The molecule has 0 aliphatic rings. The largest absolute Gasteiger partial charge is 0.460 e. The minimum Gasteiger partial charge on any atom is -0.460 e. The first-order valence-electron chi connectivity index (χ1n) is 14.3. The minimum atomic E-state index is -1.42. The Morgan fingerprint density at radius 3 is 1.00 bits per heavy atom. The number of ether oxygens (including phenoxy) is 4. The maximum Gasteiger partial charge on any atom is 0.333 e. The molecule has 1 amide bonds. The first-order chi connectivity index (χ1) is 21.3. The predicted molar refractivity (Wildman–Crippen MR) is 165 cm³/mol. The topological polar surface area (TPSA) is 210 Å². The quantitative estimate of drug-likeness (QED) is 0.0654. The number of aliphatic hydroxyl groups is 4. The standard InChI is InChI=1S/C31H48N2O13/c1-18(2)28(39)43-14-23(34)10-32(11-24(35)15-44-29(40)19(3)4)22(9)27(38)33(12-25(36)16-45-30(41)20(5)6)13-26(37)17-46-31(42)21(7)8/h22-26,34-37H,1,3,5,7,10-17H2,2,4,6,8-9H3. The molecule has 0 fully saturated rings. The number of nitrogens with zero attached hydrogens (tertiary/aromatic N) is 2. The molecule has 5 unspecified atom stereocenters. The van der Waals surface area contributed by atoms with Crippen LogP contribution in [0, 0.1) is 0 Å². The van der Waals surface area contributed by atoms with Gasteiger partial charge in [0.15, 0.2) is 0 Å². The van der Waals surface area contributed by atoms with E-state index in [0.29, 0.717) is 0 Å². The van der Waals surface area contributed by atoms with Gasteiger partial charge in [-0.15, -0.1) is 0 Å². The van der Waals surface area contributed by atoms with Crippen molar-refractivity contribution in [1.29, 1.82) is 0 Å². The summed E-state index contributed by atoms with van der Waals surface area (Å²) in [6.07, 6.45) is -5.54. The van der Waals surface area contributed by atoms with Crippen molar-refractivity contribution in [3.63, 3.8) is 0 Å². The number of hydrogen-bond donors (Lipinski definition) is 4. The zero-order chi connectivity index (χ0) is 35.7. The Hall–Kier alpha value is -3.89. The summed E-state index contributed by atoms with van der Waals surface area (Å²) in [5, 5.41) is 42.3. The smallest absolute Gasteiger partial charge is 0.333 e. The Morgan fingerprint density at radius 1 is 0.522 bits per heavy atom. The predicted octanol–water partition coefficient (Wildman–Crippen LogP) is -0.574. The molecule has 46 heavy (non-hydrogen) atoms. The van der Waals surface area contributed by atoms with Crippen LogP contribution in [0.1, 0.15) is 34.6 Å². The molecule has 15 heteroatoms. The summed E-state index contributed by atoms with van der Waals surface area (Å²) in [5.74, 6) is -3.78. The molecule has 0 spiro atoms. The summed E-state index contributed by atoms with van der Waals surface area (Å²) in [6, 6.07) is -1.17. The van der Waals surface area contributed by atoms with Crippen molar-refractivity contribution in [2.75, 3.05) is 52.6 Å². The molecule has 0 bridgehead atoms.